The number of carbonyl (C=O) groups is 1. The molecular weight excluding hydrogens is 484 g/mol. The molecular formula is C27H25ClN2O4S. The highest BCUT2D eigenvalue weighted by Gasteiger charge is 2.24. The summed E-state index contributed by atoms with van der Waals surface area (Å²) in [5.74, 6) is 1.70. The zero-order chi connectivity index (χ0) is 24.6. The van der Waals surface area contributed by atoms with Crippen molar-refractivity contribution < 1.29 is 19.0 Å². The standard InChI is InChI=1S/C27H25ClN2O4S/c1-3-32-22-8-6-5-7-21(22)29-27-30-26(31)25(35-27)16-19-11-14-23(24(15-19)33-4-2)34-17-18-9-12-20(28)13-10-18/h5-16H,3-4,17H2,1-2H3,(H,29,30,31)/b25-16-. The summed E-state index contributed by atoms with van der Waals surface area (Å²) >= 11 is 7.23. The minimum absolute atomic E-state index is 0.205. The number of hydrogen-bond acceptors (Lipinski definition) is 6. The van der Waals surface area contributed by atoms with E-state index in [1.165, 1.54) is 11.8 Å². The Hall–Kier alpha value is -3.42. The van der Waals surface area contributed by atoms with Crippen LogP contribution in [0.5, 0.6) is 17.2 Å². The van der Waals surface area contributed by atoms with Crippen molar-refractivity contribution in [3.63, 3.8) is 0 Å². The van der Waals surface area contributed by atoms with Gasteiger partial charge in [0.25, 0.3) is 5.91 Å². The quantitative estimate of drug-likeness (QED) is 0.329. The number of nitrogens with one attached hydrogen (secondary N) is 1. The predicted molar refractivity (Wildman–Crippen MR) is 142 cm³/mol. The van der Waals surface area contributed by atoms with Gasteiger partial charge in [-0.15, -0.1) is 0 Å². The molecule has 0 radical (unpaired) electrons. The predicted octanol–water partition coefficient (Wildman–Crippen LogP) is 6.61. The van der Waals surface area contributed by atoms with Gasteiger partial charge in [0, 0.05) is 5.02 Å². The zero-order valence-electron chi connectivity index (χ0n) is 19.4. The zero-order valence-corrected chi connectivity index (χ0v) is 21.0. The van der Waals surface area contributed by atoms with Gasteiger partial charge < -0.3 is 19.5 Å². The fourth-order valence-electron chi connectivity index (χ4n) is 3.31. The van der Waals surface area contributed by atoms with Crippen molar-refractivity contribution in [1.82, 2.24) is 5.32 Å². The highest BCUT2D eigenvalue weighted by Crippen LogP contribution is 2.34. The van der Waals surface area contributed by atoms with E-state index in [4.69, 9.17) is 25.8 Å². The van der Waals surface area contributed by atoms with Crippen LogP contribution in [-0.4, -0.2) is 24.3 Å². The Morgan fingerprint density at radius 2 is 1.66 bits per heavy atom. The number of carbonyl (C=O) groups excluding carboxylic acids is 1. The molecule has 3 aromatic rings. The molecule has 180 valence electrons. The van der Waals surface area contributed by atoms with E-state index in [1.54, 1.807) is 0 Å². The molecule has 0 atom stereocenters. The van der Waals surface area contributed by atoms with E-state index in [1.807, 2.05) is 86.7 Å². The van der Waals surface area contributed by atoms with Crippen molar-refractivity contribution in [3.05, 3.63) is 87.8 Å². The molecule has 1 N–H and O–H groups in total. The van der Waals surface area contributed by atoms with E-state index in [2.05, 4.69) is 10.3 Å². The van der Waals surface area contributed by atoms with Gasteiger partial charge in [0.2, 0.25) is 0 Å². The number of rotatable bonds is 9. The molecule has 0 unspecified atom stereocenters. The minimum atomic E-state index is -0.205. The molecule has 8 heteroatoms. The Bertz CT molecular complexity index is 1260. The van der Waals surface area contributed by atoms with E-state index in [0.717, 1.165) is 11.1 Å². The number of ether oxygens (including phenoxy) is 3. The lowest BCUT2D eigenvalue weighted by Crippen LogP contribution is -2.19. The van der Waals surface area contributed by atoms with Crippen molar-refractivity contribution in [1.29, 1.82) is 0 Å². The number of thioether (sulfide) groups is 1. The summed E-state index contributed by atoms with van der Waals surface area (Å²) in [7, 11) is 0. The Morgan fingerprint density at radius 3 is 2.43 bits per heavy atom. The summed E-state index contributed by atoms with van der Waals surface area (Å²) in [6.07, 6.45) is 1.81. The minimum Gasteiger partial charge on any atom is -0.492 e. The fourth-order valence-corrected chi connectivity index (χ4v) is 4.27. The highest BCUT2D eigenvalue weighted by atomic mass is 35.5. The first-order valence-corrected chi connectivity index (χ1v) is 12.4. The molecule has 3 aromatic carbocycles. The summed E-state index contributed by atoms with van der Waals surface area (Å²) < 4.78 is 17.4. The van der Waals surface area contributed by atoms with Crippen LogP contribution in [0.15, 0.2) is 76.6 Å². The Labute approximate surface area is 214 Å². The third kappa shape index (κ3) is 6.59. The van der Waals surface area contributed by atoms with Crippen LogP contribution in [0.2, 0.25) is 5.02 Å². The number of para-hydroxylation sites is 2. The third-order valence-electron chi connectivity index (χ3n) is 4.91. The molecule has 1 aliphatic heterocycles. The molecule has 35 heavy (non-hydrogen) atoms. The Kier molecular flexibility index (Phi) is 8.34. The van der Waals surface area contributed by atoms with Gasteiger partial charge in [-0.1, -0.05) is 41.9 Å². The molecule has 0 spiro atoms. The van der Waals surface area contributed by atoms with E-state index in [-0.39, 0.29) is 5.91 Å². The second-order valence-corrected chi connectivity index (χ2v) is 8.90. The first kappa shape index (κ1) is 24.7. The molecule has 4 rings (SSSR count). The van der Waals surface area contributed by atoms with Gasteiger partial charge in [0.15, 0.2) is 16.7 Å². The van der Waals surface area contributed by atoms with Crippen LogP contribution in [0.25, 0.3) is 6.08 Å². The first-order valence-electron chi connectivity index (χ1n) is 11.2. The maximum atomic E-state index is 12.6. The van der Waals surface area contributed by atoms with Crippen molar-refractivity contribution in [2.24, 2.45) is 4.99 Å². The second-order valence-electron chi connectivity index (χ2n) is 7.44. The average Bonchev–Trinajstić information content (AvgIpc) is 3.19. The van der Waals surface area contributed by atoms with Crippen LogP contribution in [0, 0.1) is 0 Å². The normalized spacial score (nSPS) is 15.3. The van der Waals surface area contributed by atoms with Gasteiger partial charge in [0.1, 0.15) is 18.0 Å². The van der Waals surface area contributed by atoms with Crippen LogP contribution in [-0.2, 0) is 11.4 Å². The number of benzene rings is 3. The lowest BCUT2D eigenvalue weighted by Gasteiger charge is -2.13. The number of hydrogen-bond donors (Lipinski definition) is 1. The molecule has 0 saturated carbocycles. The van der Waals surface area contributed by atoms with Crippen molar-refractivity contribution in [2.75, 3.05) is 13.2 Å². The molecule has 0 aliphatic carbocycles. The van der Waals surface area contributed by atoms with E-state index >= 15 is 0 Å². The summed E-state index contributed by atoms with van der Waals surface area (Å²) in [5.41, 5.74) is 2.49. The van der Waals surface area contributed by atoms with E-state index in [9.17, 15) is 4.79 Å². The molecule has 1 saturated heterocycles. The fraction of sp³-hybridized carbons (Fsp3) is 0.185. The number of nitrogens with zero attached hydrogens (tertiary/aromatic N) is 1. The molecule has 1 aliphatic rings. The molecule has 1 fully saturated rings. The van der Waals surface area contributed by atoms with Crippen LogP contribution in [0.3, 0.4) is 0 Å². The number of amides is 1. The maximum Gasteiger partial charge on any atom is 0.264 e. The summed E-state index contributed by atoms with van der Waals surface area (Å²) in [6.45, 7) is 5.24. The van der Waals surface area contributed by atoms with E-state index in [0.29, 0.717) is 57.9 Å². The number of amidine groups is 1. The summed E-state index contributed by atoms with van der Waals surface area (Å²) in [5, 5.41) is 4.00. The number of halogens is 1. The van der Waals surface area contributed by atoms with Crippen LogP contribution < -0.4 is 19.5 Å². The van der Waals surface area contributed by atoms with Crippen LogP contribution in [0.1, 0.15) is 25.0 Å². The molecule has 1 amide bonds. The third-order valence-corrected chi connectivity index (χ3v) is 6.07. The first-order chi connectivity index (χ1) is 17.1. The van der Waals surface area contributed by atoms with Crippen LogP contribution >= 0.6 is 23.4 Å². The lowest BCUT2D eigenvalue weighted by atomic mass is 10.2. The topological polar surface area (TPSA) is 69.2 Å². The Balaban J connectivity index is 1.51. The number of aliphatic imine (C=N–C) groups is 1. The summed E-state index contributed by atoms with van der Waals surface area (Å²) in [6, 6.07) is 20.6. The van der Waals surface area contributed by atoms with Gasteiger partial charge >= 0.3 is 0 Å². The smallest absolute Gasteiger partial charge is 0.264 e. The van der Waals surface area contributed by atoms with Gasteiger partial charge in [-0.05, 0) is 79.2 Å². The van der Waals surface area contributed by atoms with E-state index < -0.39 is 0 Å². The molecule has 0 bridgehead atoms. The Morgan fingerprint density at radius 1 is 0.914 bits per heavy atom. The van der Waals surface area contributed by atoms with Crippen molar-refractivity contribution in [3.8, 4) is 17.2 Å². The summed E-state index contributed by atoms with van der Waals surface area (Å²) in [4.78, 5) is 17.7. The second kappa shape index (κ2) is 11.8. The molecule has 6 nitrogen and oxygen atoms in total. The van der Waals surface area contributed by atoms with Gasteiger partial charge in [-0.3, -0.25) is 4.79 Å². The maximum absolute atomic E-state index is 12.6. The monoisotopic (exact) mass is 508 g/mol. The van der Waals surface area contributed by atoms with Crippen LogP contribution in [0.4, 0.5) is 5.69 Å². The SMILES string of the molecule is CCOc1ccccc1N=C1NC(=O)/C(=C/c2ccc(OCc3ccc(Cl)cc3)c(OCC)c2)S1. The van der Waals surface area contributed by atoms with Crippen molar-refractivity contribution >= 4 is 46.2 Å². The average molecular weight is 509 g/mol. The highest BCUT2D eigenvalue weighted by molar-refractivity contribution is 8.18. The van der Waals surface area contributed by atoms with Gasteiger partial charge in [-0.25, -0.2) is 4.99 Å². The van der Waals surface area contributed by atoms with Gasteiger partial charge in [0.05, 0.1) is 18.1 Å². The molecule has 0 aromatic heterocycles. The molecule has 1 heterocycles. The largest absolute Gasteiger partial charge is 0.492 e. The lowest BCUT2D eigenvalue weighted by molar-refractivity contribution is -0.115. The van der Waals surface area contributed by atoms with Gasteiger partial charge in [-0.2, -0.15) is 0 Å². The van der Waals surface area contributed by atoms with Crippen molar-refractivity contribution in [2.45, 2.75) is 20.5 Å².